The molecule has 5 nitrogen and oxygen atoms in total. The van der Waals surface area contributed by atoms with Gasteiger partial charge in [0.2, 0.25) is 0 Å². The fourth-order valence-electron chi connectivity index (χ4n) is 2.79. The third-order valence-electron chi connectivity index (χ3n) is 4.00. The number of carboxylic acid groups (broad SMARTS) is 1. The van der Waals surface area contributed by atoms with Crippen LogP contribution in [-0.2, 0) is 12.1 Å². The van der Waals surface area contributed by atoms with E-state index < -0.39 is 11.6 Å². The van der Waals surface area contributed by atoms with Crippen molar-refractivity contribution >= 4 is 39.6 Å². The average Bonchev–Trinajstić information content (AvgIpc) is 3.24. The van der Waals surface area contributed by atoms with Crippen LogP contribution in [0.1, 0.15) is 48.6 Å². The number of alkyl halides is 1. The molecule has 28 heavy (non-hydrogen) atoms. The van der Waals surface area contributed by atoms with Crippen LogP contribution in [0, 0.1) is 5.92 Å². The average molecular weight is 420 g/mol. The second-order valence-corrected chi connectivity index (χ2v) is 9.42. The highest BCUT2D eigenvalue weighted by atomic mass is 32.1. The minimum Gasteiger partial charge on any atom is -0.478 e. The van der Waals surface area contributed by atoms with Crippen molar-refractivity contribution in [2.24, 2.45) is 5.92 Å². The predicted molar refractivity (Wildman–Crippen MR) is 113 cm³/mol. The standard InChI is InChI=1S/C20H22FN3O2S2/c1-11(2)8-15-16(20(3,4)21)23-19(28-15)24-17-13(18(25)26)9-12(10-22-17)14-6-5-7-27-14/h5-7,9-11H,8H2,1-4H3,(H,25,26)(H,22,23,24). The Labute approximate surface area is 171 Å². The highest BCUT2D eigenvalue weighted by molar-refractivity contribution is 7.15. The first-order valence-electron chi connectivity index (χ1n) is 8.88. The quantitative estimate of drug-likeness (QED) is 0.483. The fourth-order valence-corrected chi connectivity index (χ4v) is 4.81. The number of aromatic carboxylic acids is 1. The summed E-state index contributed by atoms with van der Waals surface area (Å²) in [4.78, 5) is 22.3. The third kappa shape index (κ3) is 4.56. The van der Waals surface area contributed by atoms with Gasteiger partial charge in [-0.25, -0.2) is 19.2 Å². The number of aromatic nitrogens is 2. The highest BCUT2D eigenvalue weighted by Crippen LogP contribution is 2.36. The Morgan fingerprint density at radius 2 is 2.14 bits per heavy atom. The molecule has 0 bridgehead atoms. The van der Waals surface area contributed by atoms with Crippen LogP contribution in [0.5, 0.6) is 0 Å². The lowest BCUT2D eigenvalue weighted by atomic mass is 10.0. The molecule has 0 aliphatic carbocycles. The van der Waals surface area contributed by atoms with Crippen molar-refractivity contribution in [2.45, 2.75) is 39.8 Å². The fraction of sp³-hybridized carbons (Fsp3) is 0.350. The van der Waals surface area contributed by atoms with Crippen LogP contribution in [0.4, 0.5) is 15.3 Å². The molecule has 3 rings (SSSR count). The van der Waals surface area contributed by atoms with Crippen LogP contribution in [0.2, 0.25) is 0 Å². The second kappa shape index (κ2) is 7.97. The Bertz CT molecular complexity index is 976. The first-order chi connectivity index (χ1) is 13.1. The van der Waals surface area contributed by atoms with Gasteiger partial charge in [-0.3, -0.25) is 0 Å². The molecular formula is C20H22FN3O2S2. The number of hydrogen-bond acceptors (Lipinski definition) is 6. The van der Waals surface area contributed by atoms with Crippen molar-refractivity contribution in [1.29, 1.82) is 0 Å². The second-order valence-electron chi connectivity index (χ2n) is 7.39. The summed E-state index contributed by atoms with van der Waals surface area (Å²) in [5.41, 5.74) is -0.399. The van der Waals surface area contributed by atoms with Gasteiger partial charge >= 0.3 is 5.97 Å². The van der Waals surface area contributed by atoms with E-state index in [9.17, 15) is 14.3 Å². The zero-order valence-corrected chi connectivity index (χ0v) is 17.7. The molecule has 0 atom stereocenters. The van der Waals surface area contributed by atoms with E-state index in [2.05, 4.69) is 29.1 Å². The smallest absolute Gasteiger partial charge is 0.339 e. The maximum absolute atomic E-state index is 14.6. The predicted octanol–water partition coefficient (Wildman–Crippen LogP) is 6.11. The van der Waals surface area contributed by atoms with Crippen molar-refractivity contribution in [2.75, 3.05) is 5.32 Å². The molecule has 3 aromatic heterocycles. The number of halogens is 1. The van der Waals surface area contributed by atoms with Gasteiger partial charge in [0.1, 0.15) is 17.1 Å². The number of anilines is 2. The minimum absolute atomic E-state index is 0.0487. The molecule has 2 N–H and O–H groups in total. The van der Waals surface area contributed by atoms with Gasteiger partial charge in [0, 0.05) is 21.5 Å². The number of nitrogens with one attached hydrogen (secondary N) is 1. The van der Waals surface area contributed by atoms with E-state index in [-0.39, 0.29) is 11.4 Å². The van der Waals surface area contributed by atoms with Crippen LogP contribution in [0.3, 0.4) is 0 Å². The van der Waals surface area contributed by atoms with E-state index >= 15 is 0 Å². The van der Waals surface area contributed by atoms with Crippen LogP contribution in [0.15, 0.2) is 29.8 Å². The van der Waals surface area contributed by atoms with Crippen LogP contribution >= 0.6 is 22.7 Å². The molecule has 0 saturated carbocycles. The number of rotatable bonds is 7. The number of thiazole rings is 1. The molecule has 0 aliphatic heterocycles. The SMILES string of the molecule is CC(C)Cc1sc(Nc2ncc(-c3cccs3)cc2C(=O)O)nc1C(C)(C)F. The van der Waals surface area contributed by atoms with E-state index in [0.29, 0.717) is 23.2 Å². The molecule has 0 fully saturated rings. The Morgan fingerprint density at radius 3 is 2.71 bits per heavy atom. The van der Waals surface area contributed by atoms with Crippen LogP contribution in [0.25, 0.3) is 10.4 Å². The van der Waals surface area contributed by atoms with E-state index in [4.69, 9.17) is 0 Å². The Hall–Kier alpha value is -2.32. The lowest BCUT2D eigenvalue weighted by Gasteiger charge is -2.14. The molecule has 0 spiro atoms. The lowest BCUT2D eigenvalue weighted by Crippen LogP contribution is -2.13. The maximum atomic E-state index is 14.6. The molecule has 0 aromatic carbocycles. The Morgan fingerprint density at radius 1 is 1.39 bits per heavy atom. The van der Waals surface area contributed by atoms with Crippen molar-refractivity contribution in [1.82, 2.24) is 9.97 Å². The summed E-state index contributed by atoms with van der Waals surface area (Å²) in [5, 5.41) is 15.0. The van der Waals surface area contributed by atoms with Crippen molar-refractivity contribution in [3.8, 4) is 10.4 Å². The number of hydrogen-bond donors (Lipinski definition) is 2. The van der Waals surface area contributed by atoms with E-state index in [1.54, 1.807) is 12.3 Å². The number of thiophene rings is 1. The van der Waals surface area contributed by atoms with Gasteiger partial charge in [-0.15, -0.1) is 22.7 Å². The first kappa shape index (κ1) is 20.4. The van der Waals surface area contributed by atoms with Gasteiger partial charge in [0.05, 0.1) is 5.69 Å². The van der Waals surface area contributed by atoms with Crippen molar-refractivity contribution in [3.05, 3.63) is 45.9 Å². The van der Waals surface area contributed by atoms with Crippen LogP contribution < -0.4 is 5.32 Å². The third-order valence-corrected chi connectivity index (χ3v) is 5.92. The number of nitrogens with zero attached hydrogens (tertiary/aromatic N) is 2. The number of carboxylic acids is 1. The summed E-state index contributed by atoms with van der Waals surface area (Å²) in [6.07, 6.45) is 2.34. The molecular weight excluding hydrogens is 397 g/mol. The Kier molecular flexibility index (Phi) is 5.81. The summed E-state index contributed by atoms with van der Waals surface area (Å²) in [5.74, 6) is -0.536. The summed E-state index contributed by atoms with van der Waals surface area (Å²) >= 11 is 2.85. The molecule has 0 unspecified atom stereocenters. The van der Waals surface area contributed by atoms with Crippen LogP contribution in [-0.4, -0.2) is 21.0 Å². The minimum atomic E-state index is -1.58. The molecule has 0 aliphatic rings. The summed E-state index contributed by atoms with van der Waals surface area (Å²) in [6, 6.07) is 5.40. The molecule has 148 valence electrons. The van der Waals surface area contributed by atoms with Gasteiger partial charge in [-0.1, -0.05) is 19.9 Å². The van der Waals surface area contributed by atoms with Gasteiger partial charge in [0.25, 0.3) is 0 Å². The Balaban J connectivity index is 1.97. The largest absolute Gasteiger partial charge is 0.478 e. The summed E-state index contributed by atoms with van der Waals surface area (Å²) in [6.45, 7) is 7.09. The normalized spacial score (nSPS) is 11.8. The molecule has 0 radical (unpaired) electrons. The molecule has 0 saturated heterocycles. The molecule has 8 heteroatoms. The first-order valence-corrected chi connectivity index (χ1v) is 10.6. The maximum Gasteiger partial charge on any atom is 0.339 e. The number of carbonyl (C=O) groups is 1. The molecule has 0 amide bonds. The highest BCUT2D eigenvalue weighted by Gasteiger charge is 2.28. The van der Waals surface area contributed by atoms with Gasteiger partial charge in [-0.05, 0) is 43.7 Å². The molecule has 3 heterocycles. The van der Waals surface area contributed by atoms with Crippen molar-refractivity contribution < 1.29 is 14.3 Å². The molecule has 3 aromatic rings. The lowest BCUT2D eigenvalue weighted by molar-refractivity contribution is 0.0697. The zero-order chi connectivity index (χ0) is 20.5. The van der Waals surface area contributed by atoms with E-state index in [1.165, 1.54) is 36.5 Å². The van der Waals surface area contributed by atoms with Gasteiger partial charge in [-0.2, -0.15) is 0 Å². The van der Waals surface area contributed by atoms with E-state index in [1.807, 2.05) is 17.5 Å². The zero-order valence-electron chi connectivity index (χ0n) is 16.1. The van der Waals surface area contributed by atoms with Gasteiger partial charge in [0.15, 0.2) is 5.13 Å². The number of pyridine rings is 1. The summed E-state index contributed by atoms with van der Waals surface area (Å²) in [7, 11) is 0. The summed E-state index contributed by atoms with van der Waals surface area (Å²) < 4.78 is 14.6. The topological polar surface area (TPSA) is 75.1 Å². The van der Waals surface area contributed by atoms with Crippen molar-refractivity contribution in [3.63, 3.8) is 0 Å². The van der Waals surface area contributed by atoms with Gasteiger partial charge < -0.3 is 10.4 Å². The van der Waals surface area contributed by atoms with E-state index in [0.717, 1.165) is 15.3 Å². The monoisotopic (exact) mass is 419 g/mol.